The van der Waals surface area contributed by atoms with Crippen molar-refractivity contribution in [2.75, 3.05) is 13.7 Å². The SMILES string of the molecule is COc1cc(CCC(=O)N[C@H]2CC[C@H](C)CC2)ccc1OCCCC(=O)O. The molecule has 0 bridgehead atoms. The van der Waals surface area contributed by atoms with E-state index in [1.54, 1.807) is 7.11 Å². The molecule has 27 heavy (non-hydrogen) atoms. The predicted molar refractivity (Wildman–Crippen MR) is 103 cm³/mol. The van der Waals surface area contributed by atoms with Gasteiger partial charge in [0.1, 0.15) is 0 Å². The van der Waals surface area contributed by atoms with Crippen molar-refractivity contribution in [1.82, 2.24) is 5.32 Å². The van der Waals surface area contributed by atoms with Crippen LogP contribution in [0.2, 0.25) is 0 Å². The Kier molecular flexibility index (Phi) is 8.43. The highest BCUT2D eigenvalue weighted by Gasteiger charge is 2.19. The number of ether oxygens (including phenoxy) is 2. The third-order valence-electron chi connectivity index (χ3n) is 5.04. The van der Waals surface area contributed by atoms with Crippen LogP contribution in [0.5, 0.6) is 11.5 Å². The molecule has 1 saturated carbocycles. The number of rotatable bonds is 10. The second-order valence-electron chi connectivity index (χ2n) is 7.36. The first-order chi connectivity index (χ1) is 13.0. The lowest BCUT2D eigenvalue weighted by Gasteiger charge is -2.26. The highest BCUT2D eigenvalue weighted by atomic mass is 16.5. The summed E-state index contributed by atoms with van der Waals surface area (Å²) in [7, 11) is 1.57. The maximum absolute atomic E-state index is 12.2. The second-order valence-corrected chi connectivity index (χ2v) is 7.36. The van der Waals surface area contributed by atoms with Crippen LogP contribution in [0, 0.1) is 5.92 Å². The molecule has 6 nitrogen and oxygen atoms in total. The van der Waals surface area contributed by atoms with Gasteiger partial charge in [-0.1, -0.05) is 13.0 Å². The summed E-state index contributed by atoms with van der Waals surface area (Å²) in [5.41, 5.74) is 1.01. The van der Waals surface area contributed by atoms with Gasteiger partial charge in [-0.25, -0.2) is 0 Å². The number of nitrogens with one attached hydrogen (secondary N) is 1. The van der Waals surface area contributed by atoms with Crippen molar-refractivity contribution in [1.29, 1.82) is 0 Å². The number of carboxylic acid groups (broad SMARTS) is 1. The molecule has 0 radical (unpaired) electrons. The summed E-state index contributed by atoms with van der Waals surface area (Å²) in [6, 6.07) is 5.94. The lowest BCUT2D eigenvalue weighted by Crippen LogP contribution is -2.37. The first-order valence-corrected chi connectivity index (χ1v) is 9.78. The fourth-order valence-corrected chi connectivity index (χ4v) is 3.35. The summed E-state index contributed by atoms with van der Waals surface area (Å²) in [6.07, 6.45) is 6.16. The Morgan fingerprint density at radius 1 is 1.15 bits per heavy atom. The van der Waals surface area contributed by atoms with Crippen LogP contribution in [0.15, 0.2) is 18.2 Å². The molecule has 0 unspecified atom stereocenters. The summed E-state index contributed by atoms with van der Waals surface area (Å²) >= 11 is 0. The first-order valence-electron chi connectivity index (χ1n) is 9.78. The second kappa shape index (κ2) is 10.8. The van der Waals surface area contributed by atoms with Crippen molar-refractivity contribution in [3.8, 4) is 11.5 Å². The summed E-state index contributed by atoms with van der Waals surface area (Å²) in [6.45, 7) is 2.59. The highest BCUT2D eigenvalue weighted by molar-refractivity contribution is 5.76. The molecule has 0 spiro atoms. The molecule has 0 atom stereocenters. The van der Waals surface area contributed by atoms with Gasteiger partial charge in [-0.3, -0.25) is 9.59 Å². The molecule has 1 aromatic carbocycles. The van der Waals surface area contributed by atoms with Gasteiger partial charge in [0.15, 0.2) is 11.5 Å². The molecule has 1 amide bonds. The van der Waals surface area contributed by atoms with E-state index >= 15 is 0 Å². The Balaban J connectivity index is 1.78. The third kappa shape index (κ3) is 7.49. The molecule has 6 heteroatoms. The largest absolute Gasteiger partial charge is 0.493 e. The quantitative estimate of drug-likeness (QED) is 0.609. The number of hydrogen-bond acceptors (Lipinski definition) is 4. The van der Waals surface area contributed by atoms with E-state index in [1.807, 2.05) is 18.2 Å². The lowest BCUT2D eigenvalue weighted by atomic mass is 9.87. The van der Waals surface area contributed by atoms with Crippen LogP contribution < -0.4 is 14.8 Å². The number of aryl methyl sites for hydroxylation is 1. The Bertz CT molecular complexity index is 623. The summed E-state index contributed by atoms with van der Waals surface area (Å²) in [5, 5.41) is 11.8. The molecular weight excluding hydrogens is 346 g/mol. The smallest absolute Gasteiger partial charge is 0.303 e. The predicted octanol–water partition coefficient (Wildman–Crippen LogP) is 3.57. The fourth-order valence-electron chi connectivity index (χ4n) is 3.35. The van der Waals surface area contributed by atoms with Crippen molar-refractivity contribution in [3.63, 3.8) is 0 Å². The van der Waals surface area contributed by atoms with E-state index in [0.29, 0.717) is 43.4 Å². The Labute approximate surface area is 161 Å². The average molecular weight is 377 g/mol. The molecule has 2 rings (SSSR count). The van der Waals surface area contributed by atoms with Gasteiger partial charge < -0.3 is 19.9 Å². The molecule has 0 aliphatic heterocycles. The number of benzene rings is 1. The first kappa shape index (κ1) is 21.1. The van der Waals surface area contributed by atoms with Gasteiger partial charge in [0, 0.05) is 18.9 Å². The van der Waals surface area contributed by atoms with Gasteiger partial charge in [0.05, 0.1) is 13.7 Å². The number of carbonyl (C=O) groups is 2. The van der Waals surface area contributed by atoms with Gasteiger partial charge in [-0.2, -0.15) is 0 Å². The van der Waals surface area contributed by atoms with E-state index in [2.05, 4.69) is 12.2 Å². The number of carboxylic acids is 1. The van der Waals surface area contributed by atoms with E-state index in [-0.39, 0.29) is 12.3 Å². The van der Waals surface area contributed by atoms with Crippen molar-refractivity contribution in [3.05, 3.63) is 23.8 Å². The molecule has 150 valence electrons. The van der Waals surface area contributed by atoms with Crippen LogP contribution in [0.25, 0.3) is 0 Å². The standard InChI is InChI=1S/C21H31NO5/c1-15-5-9-17(10-6-15)22-20(23)12-8-16-7-11-18(19(14-16)26-2)27-13-3-4-21(24)25/h7,11,14-15,17H,3-6,8-10,12-13H2,1-2H3,(H,22,23)(H,24,25)/t15-,17-. The van der Waals surface area contributed by atoms with Gasteiger partial charge in [-0.05, 0) is 62.1 Å². The zero-order chi connectivity index (χ0) is 19.6. The number of aliphatic carboxylic acids is 1. The topological polar surface area (TPSA) is 84.9 Å². The Morgan fingerprint density at radius 2 is 1.89 bits per heavy atom. The number of methoxy groups -OCH3 is 1. The van der Waals surface area contributed by atoms with Crippen LogP contribution in [0.3, 0.4) is 0 Å². The third-order valence-corrected chi connectivity index (χ3v) is 5.04. The van der Waals surface area contributed by atoms with Crippen LogP contribution >= 0.6 is 0 Å². The molecule has 1 aliphatic rings. The van der Waals surface area contributed by atoms with Gasteiger partial charge in [0.25, 0.3) is 0 Å². The van der Waals surface area contributed by atoms with Crippen molar-refractivity contribution in [2.24, 2.45) is 5.92 Å². The maximum atomic E-state index is 12.2. The van der Waals surface area contributed by atoms with Crippen molar-refractivity contribution >= 4 is 11.9 Å². The number of amides is 1. The van der Waals surface area contributed by atoms with E-state index in [4.69, 9.17) is 14.6 Å². The van der Waals surface area contributed by atoms with Crippen LogP contribution in [0.4, 0.5) is 0 Å². The number of hydrogen-bond donors (Lipinski definition) is 2. The minimum atomic E-state index is -0.832. The molecule has 1 aliphatic carbocycles. The normalized spacial score (nSPS) is 19.3. The maximum Gasteiger partial charge on any atom is 0.303 e. The van der Waals surface area contributed by atoms with Crippen LogP contribution in [-0.4, -0.2) is 36.7 Å². The summed E-state index contributed by atoms with van der Waals surface area (Å²) in [5.74, 6) is 1.23. The molecule has 2 N–H and O–H groups in total. The molecule has 0 saturated heterocycles. The minimum Gasteiger partial charge on any atom is -0.493 e. The summed E-state index contributed by atoms with van der Waals surface area (Å²) < 4.78 is 11.0. The summed E-state index contributed by atoms with van der Waals surface area (Å²) in [4.78, 5) is 22.7. The van der Waals surface area contributed by atoms with Gasteiger partial charge in [-0.15, -0.1) is 0 Å². The van der Waals surface area contributed by atoms with Crippen molar-refractivity contribution in [2.45, 2.75) is 64.3 Å². The van der Waals surface area contributed by atoms with E-state index < -0.39 is 5.97 Å². The number of carbonyl (C=O) groups excluding carboxylic acids is 1. The van der Waals surface area contributed by atoms with E-state index in [0.717, 1.165) is 24.3 Å². The van der Waals surface area contributed by atoms with Gasteiger partial charge in [0.2, 0.25) is 5.91 Å². The fraction of sp³-hybridized carbons (Fsp3) is 0.619. The molecule has 1 fully saturated rings. The zero-order valence-electron chi connectivity index (χ0n) is 16.3. The Morgan fingerprint density at radius 3 is 2.56 bits per heavy atom. The molecule has 0 heterocycles. The van der Waals surface area contributed by atoms with Crippen molar-refractivity contribution < 1.29 is 24.2 Å². The van der Waals surface area contributed by atoms with Crippen LogP contribution in [0.1, 0.15) is 57.4 Å². The Hall–Kier alpha value is -2.24. The average Bonchev–Trinajstić information content (AvgIpc) is 2.65. The molecule has 1 aromatic rings. The minimum absolute atomic E-state index is 0.0788. The zero-order valence-corrected chi connectivity index (χ0v) is 16.3. The van der Waals surface area contributed by atoms with E-state index in [9.17, 15) is 9.59 Å². The monoisotopic (exact) mass is 377 g/mol. The van der Waals surface area contributed by atoms with Crippen LogP contribution in [-0.2, 0) is 16.0 Å². The molecule has 0 aromatic heterocycles. The lowest BCUT2D eigenvalue weighted by molar-refractivity contribution is -0.137. The molecular formula is C21H31NO5. The van der Waals surface area contributed by atoms with Gasteiger partial charge >= 0.3 is 5.97 Å². The van der Waals surface area contributed by atoms with E-state index in [1.165, 1.54) is 12.8 Å². The highest BCUT2D eigenvalue weighted by Crippen LogP contribution is 2.29.